The Balaban J connectivity index is 1.92. The van der Waals surface area contributed by atoms with Gasteiger partial charge in [0.2, 0.25) is 0 Å². The van der Waals surface area contributed by atoms with Gasteiger partial charge in [-0.1, -0.05) is 6.07 Å². The van der Waals surface area contributed by atoms with Crippen LogP contribution in [-0.4, -0.2) is 24.6 Å². The molecule has 0 unspecified atom stereocenters. The van der Waals surface area contributed by atoms with Gasteiger partial charge in [0.05, 0.1) is 7.11 Å². The number of nitrogens with one attached hydrogen (secondary N) is 1. The lowest BCUT2D eigenvalue weighted by Crippen LogP contribution is -2.06. The molecule has 6 heteroatoms. The number of carbonyl (C=O) groups is 1. The van der Waals surface area contributed by atoms with E-state index in [1.807, 2.05) is 13.0 Å². The summed E-state index contributed by atoms with van der Waals surface area (Å²) < 4.78 is 4.67. The van der Waals surface area contributed by atoms with E-state index in [9.17, 15) is 4.79 Å². The van der Waals surface area contributed by atoms with Crippen molar-refractivity contribution in [3.63, 3.8) is 0 Å². The molecule has 96 valence electrons. The average Bonchev–Trinajstić information content (AvgIpc) is 2.98. The SMILES string of the molecule is COC(=O)c1nc(NCCc2cccs2)sc1C. The van der Waals surface area contributed by atoms with Gasteiger partial charge in [-0.05, 0) is 24.8 Å². The van der Waals surface area contributed by atoms with E-state index in [2.05, 4.69) is 26.5 Å². The highest BCUT2D eigenvalue weighted by Gasteiger charge is 2.15. The zero-order valence-corrected chi connectivity index (χ0v) is 11.9. The smallest absolute Gasteiger partial charge is 0.357 e. The molecule has 0 spiro atoms. The lowest BCUT2D eigenvalue weighted by atomic mass is 10.3. The number of thiophene rings is 1. The molecule has 2 heterocycles. The number of hydrogen-bond donors (Lipinski definition) is 1. The summed E-state index contributed by atoms with van der Waals surface area (Å²) in [6, 6.07) is 4.15. The monoisotopic (exact) mass is 282 g/mol. The van der Waals surface area contributed by atoms with Crippen molar-refractivity contribution in [3.05, 3.63) is 33.0 Å². The fraction of sp³-hybridized carbons (Fsp3) is 0.333. The predicted molar refractivity (Wildman–Crippen MR) is 74.7 cm³/mol. The summed E-state index contributed by atoms with van der Waals surface area (Å²) in [6.45, 7) is 2.68. The van der Waals surface area contributed by atoms with Crippen LogP contribution in [0, 0.1) is 6.92 Å². The Morgan fingerprint density at radius 1 is 1.56 bits per heavy atom. The zero-order chi connectivity index (χ0) is 13.0. The summed E-state index contributed by atoms with van der Waals surface area (Å²) in [5.74, 6) is -0.380. The Hall–Kier alpha value is -1.40. The van der Waals surface area contributed by atoms with Gasteiger partial charge in [0, 0.05) is 16.3 Å². The van der Waals surface area contributed by atoms with Crippen LogP contribution >= 0.6 is 22.7 Å². The largest absolute Gasteiger partial charge is 0.464 e. The molecule has 0 amide bonds. The molecule has 0 atom stereocenters. The highest BCUT2D eigenvalue weighted by molar-refractivity contribution is 7.15. The molecule has 2 aromatic heterocycles. The van der Waals surface area contributed by atoms with Crippen LogP contribution < -0.4 is 5.32 Å². The summed E-state index contributed by atoms with van der Waals surface area (Å²) in [6.07, 6.45) is 0.962. The summed E-state index contributed by atoms with van der Waals surface area (Å²) in [5.41, 5.74) is 0.404. The van der Waals surface area contributed by atoms with E-state index in [-0.39, 0.29) is 5.97 Å². The number of hydrogen-bond acceptors (Lipinski definition) is 6. The van der Waals surface area contributed by atoms with Crippen molar-refractivity contribution in [2.75, 3.05) is 19.0 Å². The van der Waals surface area contributed by atoms with Crippen molar-refractivity contribution in [1.29, 1.82) is 0 Å². The van der Waals surface area contributed by atoms with Crippen molar-refractivity contribution < 1.29 is 9.53 Å². The van der Waals surface area contributed by atoms with Gasteiger partial charge in [0.1, 0.15) is 0 Å². The quantitative estimate of drug-likeness (QED) is 0.857. The van der Waals surface area contributed by atoms with Gasteiger partial charge >= 0.3 is 5.97 Å². The first-order chi connectivity index (χ1) is 8.70. The van der Waals surface area contributed by atoms with Crippen molar-refractivity contribution in [2.45, 2.75) is 13.3 Å². The first-order valence-electron chi connectivity index (χ1n) is 5.52. The summed E-state index contributed by atoms with van der Waals surface area (Å²) in [5, 5.41) is 6.07. The van der Waals surface area contributed by atoms with Crippen LogP contribution in [0.5, 0.6) is 0 Å². The molecule has 2 rings (SSSR count). The summed E-state index contributed by atoms with van der Waals surface area (Å²) in [4.78, 5) is 17.9. The molecule has 1 N–H and O–H groups in total. The van der Waals surface area contributed by atoms with Crippen LogP contribution in [0.4, 0.5) is 5.13 Å². The Labute approximate surface area is 114 Å². The first kappa shape index (κ1) is 13.0. The highest BCUT2D eigenvalue weighted by atomic mass is 32.1. The van der Waals surface area contributed by atoms with Crippen molar-refractivity contribution in [3.8, 4) is 0 Å². The molecule has 0 saturated carbocycles. The molecule has 0 saturated heterocycles. The van der Waals surface area contributed by atoms with Crippen molar-refractivity contribution in [2.24, 2.45) is 0 Å². The van der Waals surface area contributed by atoms with Gasteiger partial charge in [-0.15, -0.1) is 22.7 Å². The molecule has 0 bridgehead atoms. The third-order valence-electron chi connectivity index (χ3n) is 2.40. The number of rotatable bonds is 5. The molecule has 2 aromatic rings. The first-order valence-corrected chi connectivity index (χ1v) is 7.22. The van der Waals surface area contributed by atoms with Gasteiger partial charge in [-0.25, -0.2) is 9.78 Å². The standard InChI is InChI=1S/C12H14N2O2S2/c1-8-10(11(15)16-2)14-12(18-8)13-6-5-9-4-3-7-17-9/h3-4,7H,5-6H2,1-2H3,(H,13,14). The fourth-order valence-corrected chi connectivity index (χ4v) is 3.04. The number of thiazole rings is 1. The number of methoxy groups -OCH3 is 1. The minimum absolute atomic E-state index is 0.380. The van der Waals surface area contributed by atoms with Crippen LogP contribution in [0.3, 0.4) is 0 Å². The van der Waals surface area contributed by atoms with E-state index < -0.39 is 0 Å². The van der Waals surface area contributed by atoms with Gasteiger partial charge in [-0.2, -0.15) is 0 Å². The molecule has 0 radical (unpaired) electrons. The second kappa shape index (κ2) is 5.97. The summed E-state index contributed by atoms with van der Waals surface area (Å²) >= 11 is 3.22. The molecule has 0 aromatic carbocycles. The van der Waals surface area contributed by atoms with Crippen LogP contribution in [0.1, 0.15) is 20.2 Å². The van der Waals surface area contributed by atoms with Crippen LogP contribution in [0.2, 0.25) is 0 Å². The van der Waals surface area contributed by atoms with E-state index in [0.29, 0.717) is 5.69 Å². The predicted octanol–water partition coefficient (Wildman–Crippen LogP) is 2.95. The van der Waals surface area contributed by atoms with Crippen LogP contribution in [0.15, 0.2) is 17.5 Å². The van der Waals surface area contributed by atoms with Crippen LogP contribution in [0.25, 0.3) is 0 Å². The normalized spacial score (nSPS) is 10.3. The second-order valence-electron chi connectivity index (χ2n) is 3.67. The van der Waals surface area contributed by atoms with E-state index in [1.165, 1.54) is 23.3 Å². The van der Waals surface area contributed by atoms with E-state index in [4.69, 9.17) is 0 Å². The lowest BCUT2D eigenvalue weighted by molar-refractivity contribution is 0.0594. The van der Waals surface area contributed by atoms with E-state index in [1.54, 1.807) is 11.3 Å². The maximum absolute atomic E-state index is 11.4. The Bertz CT molecular complexity index is 520. The topological polar surface area (TPSA) is 51.2 Å². The number of aromatic nitrogens is 1. The zero-order valence-electron chi connectivity index (χ0n) is 10.2. The second-order valence-corrected chi connectivity index (χ2v) is 5.91. The molecular weight excluding hydrogens is 268 g/mol. The van der Waals surface area contributed by atoms with Crippen molar-refractivity contribution in [1.82, 2.24) is 4.98 Å². The molecule has 0 aliphatic carbocycles. The number of aryl methyl sites for hydroxylation is 1. The maximum atomic E-state index is 11.4. The molecule has 0 aliphatic rings. The van der Waals surface area contributed by atoms with E-state index >= 15 is 0 Å². The fourth-order valence-electron chi connectivity index (χ4n) is 1.51. The highest BCUT2D eigenvalue weighted by Crippen LogP contribution is 2.22. The number of carbonyl (C=O) groups excluding carboxylic acids is 1. The summed E-state index contributed by atoms with van der Waals surface area (Å²) in [7, 11) is 1.37. The molecular formula is C12H14N2O2S2. The lowest BCUT2D eigenvalue weighted by Gasteiger charge is -2.00. The molecule has 0 aliphatic heterocycles. The van der Waals surface area contributed by atoms with Crippen LogP contribution in [-0.2, 0) is 11.2 Å². The van der Waals surface area contributed by atoms with Gasteiger partial charge in [0.15, 0.2) is 10.8 Å². The number of anilines is 1. The van der Waals surface area contributed by atoms with E-state index in [0.717, 1.165) is 23.0 Å². The van der Waals surface area contributed by atoms with Gasteiger partial charge in [-0.3, -0.25) is 0 Å². The number of ether oxygens (including phenoxy) is 1. The van der Waals surface area contributed by atoms with Crippen molar-refractivity contribution >= 4 is 33.8 Å². The molecule has 4 nitrogen and oxygen atoms in total. The molecule has 18 heavy (non-hydrogen) atoms. The Kier molecular flexibility index (Phi) is 4.33. The minimum Gasteiger partial charge on any atom is -0.464 e. The number of nitrogens with zero attached hydrogens (tertiary/aromatic N) is 1. The maximum Gasteiger partial charge on any atom is 0.357 e. The number of esters is 1. The van der Waals surface area contributed by atoms with Gasteiger partial charge in [0.25, 0.3) is 0 Å². The average molecular weight is 282 g/mol. The third-order valence-corrected chi connectivity index (χ3v) is 4.27. The minimum atomic E-state index is -0.380. The molecule has 0 fully saturated rings. The Morgan fingerprint density at radius 2 is 2.39 bits per heavy atom. The Morgan fingerprint density at radius 3 is 3.06 bits per heavy atom. The van der Waals surface area contributed by atoms with Gasteiger partial charge < -0.3 is 10.1 Å². The third kappa shape index (κ3) is 3.08.